The molecule has 1 amide bonds. The number of halogens is 1. The number of carbonyl (C=O) groups excluding carboxylic acids is 2. The van der Waals surface area contributed by atoms with Crippen LogP contribution < -0.4 is 0 Å². The highest BCUT2D eigenvalue weighted by atomic mass is 19.1. The predicted octanol–water partition coefficient (Wildman–Crippen LogP) is 1.79. The van der Waals surface area contributed by atoms with Gasteiger partial charge in [-0.25, -0.2) is 9.18 Å². The molecule has 6 nitrogen and oxygen atoms in total. The molecule has 0 saturated carbocycles. The minimum atomic E-state index is -2.09. The van der Waals surface area contributed by atoms with Crippen molar-refractivity contribution in [1.29, 1.82) is 0 Å². The molecule has 0 radical (unpaired) electrons. The van der Waals surface area contributed by atoms with E-state index in [0.29, 0.717) is 6.54 Å². The first-order chi connectivity index (χ1) is 11.4. The van der Waals surface area contributed by atoms with Crippen molar-refractivity contribution in [3.63, 3.8) is 0 Å². The fourth-order valence-electron chi connectivity index (χ4n) is 3.13. The third-order valence-corrected chi connectivity index (χ3v) is 4.50. The Morgan fingerprint density at radius 1 is 1.42 bits per heavy atom. The van der Waals surface area contributed by atoms with Gasteiger partial charge in [0.25, 0.3) is 0 Å². The van der Waals surface area contributed by atoms with Crippen LogP contribution in [-0.2, 0) is 20.9 Å². The van der Waals surface area contributed by atoms with Crippen molar-refractivity contribution in [2.45, 2.75) is 25.6 Å². The Morgan fingerprint density at radius 2 is 2.17 bits per heavy atom. The van der Waals surface area contributed by atoms with Gasteiger partial charge in [-0.05, 0) is 6.07 Å². The lowest BCUT2D eigenvalue weighted by atomic mass is 10.1. The van der Waals surface area contributed by atoms with Crippen LogP contribution in [0.1, 0.15) is 13.3 Å². The number of carbonyl (C=O) groups is 2. The highest BCUT2D eigenvalue weighted by Gasteiger charge is 2.48. The van der Waals surface area contributed by atoms with Crippen LogP contribution in [0.2, 0.25) is 0 Å². The zero-order valence-corrected chi connectivity index (χ0v) is 13.7. The van der Waals surface area contributed by atoms with Crippen LogP contribution >= 0.6 is 0 Å². The Kier molecular flexibility index (Phi) is 4.26. The summed E-state index contributed by atoms with van der Waals surface area (Å²) in [5.41, 5.74) is -1.14. The van der Waals surface area contributed by atoms with E-state index in [2.05, 4.69) is 9.84 Å². The van der Waals surface area contributed by atoms with Crippen LogP contribution in [0.25, 0.3) is 10.9 Å². The number of hydrogen-bond acceptors (Lipinski definition) is 4. The highest BCUT2D eigenvalue weighted by Crippen LogP contribution is 2.28. The Labute approximate surface area is 139 Å². The number of rotatable bonds is 4. The van der Waals surface area contributed by atoms with Crippen molar-refractivity contribution in [2.75, 3.05) is 20.2 Å². The van der Waals surface area contributed by atoms with Gasteiger partial charge in [0.05, 0.1) is 37.8 Å². The molecule has 1 aromatic heterocycles. The minimum absolute atomic E-state index is 0.0250. The zero-order chi connectivity index (χ0) is 17.3. The van der Waals surface area contributed by atoms with E-state index in [1.54, 1.807) is 17.8 Å². The molecule has 128 valence electrons. The first-order valence-electron chi connectivity index (χ1n) is 7.91. The number of likely N-dealkylation sites (tertiary alicyclic amines) is 1. The largest absolute Gasteiger partial charge is 0.467 e. The average Bonchev–Trinajstić information content (AvgIpc) is 3.18. The van der Waals surface area contributed by atoms with Gasteiger partial charge in [0, 0.05) is 18.4 Å². The lowest BCUT2D eigenvalue weighted by Crippen LogP contribution is -2.41. The van der Waals surface area contributed by atoms with Crippen LogP contribution in [0.15, 0.2) is 30.5 Å². The van der Waals surface area contributed by atoms with Gasteiger partial charge >= 0.3 is 5.97 Å². The fourth-order valence-corrected chi connectivity index (χ4v) is 3.13. The van der Waals surface area contributed by atoms with Crippen LogP contribution in [0.5, 0.6) is 0 Å². The second kappa shape index (κ2) is 6.22. The first-order valence-corrected chi connectivity index (χ1v) is 7.91. The van der Waals surface area contributed by atoms with Gasteiger partial charge < -0.3 is 9.64 Å². The summed E-state index contributed by atoms with van der Waals surface area (Å²) in [6.45, 7) is 2.16. The standard InChI is InChI=1S/C17H20FN3O3/c1-12(10-21-14-6-4-3-5-13(14)9-19-21)15(22)20-8-7-17(18,11-20)16(23)24-2/h3-6,9,12H,7-8,10-11H2,1-2H3. The number of benzene rings is 1. The van der Waals surface area contributed by atoms with Crippen molar-refractivity contribution in [2.24, 2.45) is 5.92 Å². The summed E-state index contributed by atoms with van der Waals surface area (Å²) in [6, 6.07) is 7.75. The number of methoxy groups -OCH3 is 1. The number of hydrogen-bond donors (Lipinski definition) is 0. The Morgan fingerprint density at radius 3 is 2.92 bits per heavy atom. The molecule has 1 aromatic carbocycles. The molecule has 1 aliphatic rings. The topological polar surface area (TPSA) is 64.4 Å². The fraction of sp³-hybridized carbons (Fsp3) is 0.471. The van der Waals surface area contributed by atoms with E-state index in [-0.39, 0.29) is 31.3 Å². The van der Waals surface area contributed by atoms with Gasteiger partial charge in [-0.15, -0.1) is 0 Å². The van der Waals surface area contributed by atoms with Crippen LogP contribution in [0.3, 0.4) is 0 Å². The SMILES string of the molecule is COC(=O)C1(F)CCN(C(=O)C(C)Cn2ncc3ccccc32)C1. The van der Waals surface area contributed by atoms with Gasteiger partial charge in [-0.2, -0.15) is 5.10 Å². The summed E-state index contributed by atoms with van der Waals surface area (Å²) in [5, 5.41) is 5.32. The number of aromatic nitrogens is 2. The van der Waals surface area contributed by atoms with Crippen molar-refractivity contribution < 1.29 is 18.7 Å². The van der Waals surface area contributed by atoms with E-state index in [0.717, 1.165) is 18.0 Å². The Hall–Kier alpha value is -2.44. The second-order valence-electron chi connectivity index (χ2n) is 6.25. The molecule has 7 heteroatoms. The predicted molar refractivity (Wildman–Crippen MR) is 85.9 cm³/mol. The first kappa shape index (κ1) is 16.4. The van der Waals surface area contributed by atoms with Gasteiger partial charge in [0.1, 0.15) is 0 Å². The number of ether oxygens (including phenoxy) is 1. The van der Waals surface area contributed by atoms with E-state index < -0.39 is 11.6 Å². The van der Waals surface area contributed by atoms with Gasteiger partial charge in [-0.3, -0.25) is 9.48 Å². The lowest BCUT2D eigenvalue weighted by Gasteiger charge is -2.22. The summed E-state index contributed by atoms with van der Waals surface area (Å²) in [6.07, 6.45) is 1.73. The summed E-state index contributed by atoms with van der Waals surface area (Å²) in [7, 11) is 1.15. The number of alkyl halides is 1. The smallest absolute Gasteiger partial charge is 0.345 e. The molecule has 2 heterocycles. The van der Waals surface area contributed by atoms with Gasteiger partial charge in [0.15, 0.2) is 0 Å². The van der Waals surface area contributed by atoms with Gasteiger partial charge in [-0.1, -0.05) is 25.1 Å². The van der Waals surface area contributed by atoms with Crippen molar-refractivity contribution in [3.8, 4) is 0 Å². The van der Waals surface area contributed by atoms with Crippen LogP contribution in [0, 0.1) is 5.92 Å². The van der Waals surface area contributed by atoms with E-state index >= 15 is 0 Å². The Balaban J connectivity index is 1.68. The number of esters is 1. The zero-order valence-electron chi connectivity index (χ0n) is 13.7. The number of para-hydroxylation sites is 1. The molecule has 1 saturated heterocycles. The molecule has 0 spiro atoms. The summed E-state index contributed by atoms with van der Waals surface area (Å²) < 4.78 is 20.7. The summed E-state index contributed by atoms with van der Waals surface area (Å²) >= 11 is 0. The second-order valence-corrected chi connectivity index (χ2v) is 6.25. The molecule has 3 rings (SSSR count). The maximum Gasteiger partial charge on any atom is 0.345 e. The van der Waals surface area contributed by atoms with Crippen molar-refractivity contribution in [1.82, 2.24) is 14.7 Å². The average molecular weight is 333 g/mol. The van der Waals surface area contributed by atoms with Crippen molar-refractivity contribution in [3.05, 3.63) is 30.5 Å². The number of nitrogens with zero attached hydrogens (tertiary/aromatic N) is 3. The normalized spacial score (nSPS) is 21.9. The maximum atomic E-state index is 14.5. The monoisotopic (exact) mass is 333 g/mol. The molecule has 2 atom stereocenters. The maximum absolute atomic E-state index is 14.5. The molecule has 0 N–H and O–H groups in total. The number of fused-ring (bicyclic) bond motifs is 1. The summed E-state index contributed by atoms with van der Waals surface area (Å²) in [4.78, 5) is 25.5. The van der Waals surface area contributed by atoms with E-state index in [4.69, 9.17) is 0 Å². The Bertz CT molecular complexity index is 775. The van der Waals surface area contributed by atoms with Gasteiger partial charge in [0.2, 0.25) is 11.6 Å². The molecule has 2 aromatic rings. The molecule has 2 unspecified atom stereocenters. The molecule has 0 aliphatic carbocycles. The van der Waals surface area contributed by atoms with E-state index in [9.17, 15) is 14.0 Å². The minimum Gasteiger partial charge on any atom is -0.467 e. The highest BCUT2D eigenvalue weighted by molar-refractivity contribution is 5.84. The lowest BCUT2D eigenvalue weighted by molar-refractivity contribution is -0.154. The van der Waals surface area contributed by atoms with Crippen LogP contribution in [-0.4, -0.2) is 52.4 Å². The molecule has 24 heavy (non-hydrogen) atoms. The van der Waals surface area contributed by atoms with Crippen molar-refractivity contribution >= 4 is 22.8 Å². The number of amides is 1. The van der Waals surface area contributed by atoms with E-state index in [1.165, 1.54) is 4.90 Å². The molecule has 1 fully saturated rings. The quantitative estimate of drug-likeness (QED) is 0.800. The summed E-state index contributed by atoms with van der Waals surface area (Å²) in [5.74, 6) is -1.46. The molecular formula is C17H20FN3O3. The molecule has 0 bridgehead atoms. The molecular weight excluding hydrogens is 313 g/mol. The molecule has 1 aliphatic heterocycles. The third-order valence-electron chi connectivity index (χ3n) is 4.50. The van der Waals surface area contributed by atoms with Crippen LogP contribution in [0.4, 0.5) is 4.39 Å². The van der Waals surface area contributed by atoms with E-state index in [1.807, 2.05) is 24.3 Å². The third kappa shape index (κ3) is 2.86.